The highest BCUT2D eigenvalue weighted by molar-refractivity contribution is 9.10. The highest BCUT2D eigenvalue weighted by atomic mass is 79.9. The summed E-state index contributed by atoms with van der Waals surface area (Å²) in [7, 11) is 0. The van der Waals surface area contributed by atoms with Crippen molar-refractivity contribution in [1.82, 2.24) is 4.57 Å². The van der Waals surface area contributed by atoms with Crippen molar-refractivity contribution < 1.29 is 4.79 Å². The highest BCUT2D eigenvalue weighted by Gasteiger charge is 2.07. The molecular weight excluding hydrogens is 416 g/mol. The summed E-state index contributed by atoms with van der Waals surface area (Å²) in [4.78, 5) is 18.6. The number of carbonyl (C=O) groups is 1. The molecule has 1 aromatic heterocycles. The van der Waals surface area contributed by atoms with E-state index >= 15 is 0 Å². The van der Waals surface area contributed by atoms with E-state index < -0.39 is 0 Å². The second-order valence-corrected chi connectivity index (χ2v) is 8.75. The number of hydrogen-bond donors (Lipinski definition) is 0. The number of carbonyl (C=O) groups excluding carboxylic acids is 1. The van der Waals surface area contributed by atoms with Crippen LogP contribution in [0.3, 0.4) is 0 Å². The fraction of sp³-hybridized carbons (Fsp3) is 0.263. The standard InChI is InChI=1S/C19H19BrN2OS2/c1-3-22-16-9-6-14(20)12-17(16)25-19(22)21-18(23)10-11-24-15-7-4-13(2)5-8-15/h4-9,12H,3,10-11H2,1-2H3. The van der Waals surface area contributed by atoms with Crippen LogP contribution in [0.15, 0.2) is 56.8 Å². The number of benzene rings is 2. The van der Waals surface area contributed by atoms with Crippen LogP contribution in [0, 0.1) is 6.92 Å². The number of aryl methyl sites for hydroxylation is 2. The van der Waals surface area contributed by atoms with Gasteiger partial charge in [-0.25, -0.2) is 0 Å². The topological polar surface area (TPSA) is 34.4 Å². The maximum Gasteiger partial charge on any atom is 0.249 e. The van der Waals surface area contributed by atoms with Gasteiger partial charge in [0.2, 0.25) is 5.91 Å². The summed E-state index contributed by atoms with van der Waals surface area (Å²) in [6.45, 7) is 4.94. The Kier molecular flexibility index (Phi) is 6.15. The zero-order valence-electron chi connectivity index (χ0n) is 14.2. The number of amides is 1. The molecule has 0 spiro atoms. The van der Waals surface area contributed by atoms with Crippen LogP contribution in [0.4, 0.5) is 0 Å². The minimum Gasteiger partial charge on any atom is -0.317 e. The summed E-state index contributed by atoms with van der Waals surface area (Å²) in [5, 5.41) is 0. The van der Waals surface area contributed by atoms with Crippen LogP contribution in [0.2, 0.25) is 0 Å². The highest BCUT2D eigenvalue weighted by Crippen LogP contribution is 2.22. The van der Waals surface area contributed by atoms with E-state index in [-0.39, 0.29) is 5.91 Å². The van der Waals surface area contributed by atoms with Gasteiger partial charge in [0.05, 0.1) is 10.2 Å². The third kappa shape index (κ3) is 4.63. The van der Waals surface area contributed by atoms with E-state index in [0.717, 1.165) is 31.8 Å². The number of hydrogen-bond acceptors (Lipinski definition) is 3. The summed E-state index contributed by atoms with van der Waals surface area (Å²) in [6.07, 6.45) is 0.445. The third-order valence-corrected chi connectivity index (χ3v) is 6.34. The van der Waals surface area contributed by atoms with Gasteiger partial charge in [0, 0.05) is 28.1 Å². The zero-order chi connectivity index (χ0) is 17.8. The Bertz CT molecular complexity index is 958. The summed E-state index contributed by atoms with van der Waals surface area (Å²) >= 11 is 6.75. The second-order valence-electron chi connectivity index (χ2n) is 5.66. The van der Waals surface area contributed by atoms with Crippen molar-refractivity contribution in [3.05, 3.63) is 57.3 Å². The maximum absolute atomic E-state index is 12.3. The van der Waals surface area contributed by atoms with Crippen LogP contribution < -0.4 is 4.80 Å². The van der Waals surface area contributed by atoms with E-state index in [9.17, 15) is 4.79 Å². The fourth-order valence-electron chi connectivity index (χ4n) is 2.49. The first kappa shape index (κ1) is 18.4. The van der Waals surface area contributed by atoms with Gasteiger partial charge in [0.15, 0.2) is 4.80 Å². The molecule has 0 aliphatic heterocycles. The van der Waals surface area contributed by atoms with Gasteiger partial charge < -0.3 is 4.57 Å². The lowest BCUT2D eigenvalue weighted by Gasteiger charge is -2.01. The van der Waals surface area contributed by atoms with Gasteiger partial charge in [-0.05, 0) is 44.2 Å². The van der Waals surface area contributed by atoms with E-state index in [2.05, 4.69) is 75.7 Å². The lowest BCUT2D eigenvalue weighted by Crippen LogP contribution is -2.15. The SMILES string of the molecule is CCn1c(=NC(=O)CCSc2ccc(C)cc2)sc2cc(Br)ccc21. The minimum atomic E-state index is -0.0626. The van der Waals surface area contributed by atoms with E-state index in [1.807, 2.05) is 6.07 Å². The molecule has 0 bridgehead atoms. The van der Waals surface area contributed by atoms with Crippen molar-refractivity contribution in [2.45, 2.75) is 31.7 Å². The van der Waals surface area contributed by atoms with Crippen molar-refractivity contribution in [3.63, 3.8) is 0 Å². The van der Waals surface area contributed by atoms with Gasteiger partial charge in [0.25, 0.3) is 0 Å². The average molecular weight is 435 g/mol. The summed E-state index contributed by atoms with van der Waals surface area (Å²) in [6, 6.07) is 14.5. The van der Waals surface area contributed by atoms with Crippen LogP contribution in [-0.4, -0.2) is 16.2 Å². The molecule has 0 saturated carbocycles. The monoisotopic (exact) mass is 434 g/mol. The Morgan fingerprint density at radius 1 is 1.24 bits per heavy atom. The molecule has 0 saturated heterocycles. The normalized spacial score (nSPS) is 12.0. The van der Waals surface area contributed by atoms with Gasteiger partial charge in [-0.1, -0.05) is 45.0 Å². The molecule has 6 heteroatoms. The molecule has 1 amide bonds. The maximum atomic E-state index is 12.3. The molecule has 3 rings (SSSR count). The first-order valence-corrected chi connectivity index (χ1v) is 10.7. The number of halogens is 1. The van der Waals surface area contributed by atoms with Crippen LogP contribution >= 0.6 is 39.0 Å². The minimum absolute atomic E-state index is 0.0626. The predicted molar refractivity (Wildman–Crippen MR) is 110 cm³/mol. The molecule has 2 aromatic carbocycles. The molecule has 0 N–H and O–H groups in total. The van der Waals surface area contributed by atoms with E-state index in [0.29, 0.717) is 6.42 Å². The molecule has 0 fully saturated rings. The van der Waals surface area contributed by atoms with Crippen molar-refractivity contribution in [2.75, 3.05) is 5.75 Å². The Labute approximate surface area is 163 Å². The molecule has 0 aliphatic rings. The first-order chi connectivity index (χ1) is 12.1. The quantitative estimate of drug-likeness (QED) is 0.503. The van der Waals surface area contributed by atoms with Gasteiger partial charge >= 0.3 is 0 Å². The average Bonchev–Trinajstić information content (AvgIpc) is 2.92. The van der Waals surface area contributed by atoms with Crippen LogP contribution in [0.1, 0.15) is 18.9 Å². The van der Waals surface area contributed by atoms with Gasteiger partial charge in [-0.3, -0.25) is 4.79 Å². The van der Waals surface area contributed by atoms with Crippen LogP contribution in [-0.2, 0) is 11.3 Å². The largest absolute Gasteiger partial charge is 0.317 e. The summed E-state index contributed by atoms with van der Waals surface area (Å²) < 4.78 is 4.27. The van der Waals surface area contributed by atoms with E-state index in [4.69, 9.17) is 0 Å². The zero-order valence-corrected chi connectivity index (χ0v) is 17.4. The van der Waals surface area contributed by atoms with E-state index in [1.165, 1.54) is 10.5 Å². The number of aromatic nitrogens is 1. The van der Waals surface area contributed by atoms with E-state index in [1.54, 1.807) is 23.1 Å². The smallest absolute Gasteiger partial charge is 0.249 e. The Balaban J connectivity index is 1.72. The summed E-state index contributed by atoms with van der Waals surface area (Å²) in [5.41, 5.74) is 2.37. The lowest BCUT2D eigenvalue weighted by atomic mass is 10.2. The van der Waals surface area contributed by atoms with Crippen molar-refractivity contribution in [1.29, 1.82) is 0 Å². The number of rotatable bonds is 5. The fourth-order valence-corrected chi connectivity index (χ4v) is 5.00. The summed E-state index contributed by atoms with van der Waals surface area (Å²) in [5.74, 6) is 0.681. The Hall–Kier alpha value is -1.37. The van der Waals surface area contributed by atoms with Gasteiger partial charge in [-0.15, -0.1) is 11.8 Å². The lowest BCUT2D eigenvalue weighted by molar-refractivity contribution is -0.117. The molecule has 3 aromatic rings. The molecule has 0 atom stereocenters. The van der Waals surface area contributed by atoms with Crippen LogP contribution in [0.25, 0.3) is 10.2 Å². The molecule has 0 unspecified atom stereocenters. The molecule has 25 heavy (non-hydrogen) atoms. The molecular formula is C19H19BrN2OS2. The number of thioether (sulfide) groups is 1. The van der Waals surface area contributed by atoms with Gasteiger partial charge in [-0.2, -0.15) is 4.99 Å². The molecule has 1 heterocycles. The van der Waals surface area contributed by atoms with Crippen LogP contribution in [0.5, 0.6) is 0 Å². The third-order valence-electron chi connectivity index (χ3n) is 3.79. The molecule has 130 valence electrons. The molecule has 0 radical (unpaired) electrons. The Morgan fingerprint density at radius 2 is 2.00 bits per heavy atom. The Morgan fingerprint density at radius 3 is 2.72 bits per heavy atom. The van der Waals surface area contributed by atoms with Crippen molar-refractivity contribution >= 4 is 55.2 Å². The molecule has 3 nitrogen and oxygen atoms in total. The number of thiazole rings is 1. The van der Waals surface area contributed by atoms with Gasteiger partial charge in [0.1, 0.15) is 0 Å². The molecule has 0 aliphatic carbocycles. The number of fused-ring (bicyclic) bond motifs is 1. The second kappa shape index (κ2) is 8.34. The number of nitrogens with zero attached hydrogens (tertiary/aromatic N) is 2. The first-order valence-electron chi connectivity index (χ1n) is 8.12. The van der Waals surface area contributed by atoms with Crippen molar-refractivity contribution in [3.8, 4) is 0 Å². The van der Waals surface area contributed by atoms with Crippen molar-refractivity contribution in [2.24, 2.45) is 4.99 Å². The predicted octanol–water partition coefficient (Wildman–Crippen LogP) is 5.40.